The highest BCUT2D eigenvalue weighted by atomic mass is 32.1. The Morgan fingerprint density at radius 2 is 1.87 bits per heavy atom. The smallest absolute Gasteiger partial charge is 0.271 e. The van der Waals surface area contributed by atoms with Gasteiger partial charge in [0.1, 0.15) is 10.7 Å². The molecule has 0 fully saturated rings. The lowest BCUT2D eigenvalue weighted by molar-refractivity contribution is 0.0935. The largest absolute Gasteiger partial charge is 0.344 e. The summed E-state index contributed by atoms with van der Waals surface area (Å²) in [5.41, 5.74) is 1.60. The van der Waals surface area contributed by atoms with Gasteiger partial charge in [0.2, 0.25) is 0 Å². The van der Waals surface area contributed by atoms with E-state index < -0.39 is 0 Å². The Morgan fingerprint density at radius 3 is 2.53 bits per heavy atom. The molecule has 1 aromatic carbocycles. The second-order valence-corrected chi connectivity index (χ2v) is 10.5. The fraction of sp³-hybridized carbons (Fsp3) is 0.417. The van der Waals surface area contributed by atoms with E-state index in [1.54, 1.807) is 11.3 Å². The molecule has 0 aliphatic rings. The van der Waals surface area contributed by atoms with E-state index in [2.05, 4.69) is 48.1 Å². The lowest BCUT2D eigenvalue weighted by atomic mass is 10.1. The highest BCUT2D eigenvalue weighted by Crippen LogP contribution is 2.21. The Bertz CT molecular complexity index is 933. The maximum Gasteiger partial charge on any atom is 0.271 e. The first-order valence-electron chi connectivity index (χ1n) is 10.5. The quantitative estimate of drug-likeness (QED) is 0.416. The van der Waals surface area contributed by atoms with Crippen molar-refractivity contribution in [3.05, 3.63) is 73.9 Å². The van der Waals surface area contributed by atoms with Gasteiger partial charge in [-0.15, -0.1) is 22.7 Å². The first-order chi connectivity index (χ1) is 14.4. The zero-order valence-electron chi connectivity index (χ0n) is 18.2. The van der Waals surface area contributed by atoms with Gasteiger partial charge in [-0.05, 0) is 50.4 Å². The monoisotopic (exact) mass is 441 g/mol. The van der Waals surface area contributed by atoms with Crippen molar-refractivity contribution in [1.29, 1.82) is 0 Å². The maximum absolute atomic E-state index is 12.7. The zero-order valence-corrected chi connectivity index (χ0v) is 19.9. The van der Waals surface area contributed by atoms with Crippen LogP contribution in [0.5, 0.6) is 0 Å². The molecule has 0 spiro atoms. The minimum Gasteiger partial charge on any atom is -0.344 e. The molecule has 0 aliphatic carbocycles. The number of carbonyl (C=O) groups excluding carboxylic acids is 1. The van der Waals surface area contributed by atoms with Crippen molar-refractivity contribution in [3.8, 4) is 0 Å². The van der Waals surface area contributed by atoms with E-state index in [1.165, 1.54) is 9.75 Å². The lowest BCUT2D eigenvalue weighted by Gasteiger charge is -2.21. The number of carbonyl (C=O) groups is 1. The normalized spacial score (nSPS) is 12.5. The minimum absolute atomic E-state index is 0.0477. The van der Waals surface area contributed by atoms with Crippen molar-refractivity contribution >= 4 is 28.6 Å². The SMILES string of the molecule is Cc1ccc(CN(CCC(C)C)Cc2nc(C(=O)NC(C)c3ccccc3)cs2)s1. The van der Waals surface area contributed by atoms with Crippen LogP contribution in [0.1, 0.15) is 64.0 Å². The molecule has 0 aliphatic heterocycles. The lowest BCUT2D eigenvalue weighted by Crippen LogP contribution is -2.27. The highest BCUT2D eigenvalue weighted by Gasteiger charge is 2.17. The third-order valence-corrected chi connectivity index (χ3v) is 6.81. The Labute approximate surface area is 188 Å². The second kappa shape index (κ2) is 10.8. The molecule has 1 unspecified atom stereocenters. The summed E-state index contributed by atoms with van der Waals surface area (Å²) in [6.45, 7) is 11.4. The number of aromatic nitrogens is 1. The third-order valence-electron chi connectivity index (χ3n) is 4.99. The number of rotatable bonds is 10. The molecule has 3 rings (SSSR count). The van der Waals surface area contributed by atoms with Gasteiger partial charge in [0.05, 0.1) is 12.6 Å². The Hall–Kier alpha value is -2.02. The number of thiazole rings is 1. The van der Waals surface area contributed by atoms with Crippen molar-refractivity contribution in [1.82, 2.24) is 15.2 Å². The summed E-state index contributed by atoms with van der Waals surface area (Å²) in [4.78, 5) is 22.5. The zero-order chi connectivity index (χ0) is 21.5. The van der Waals surface area contributed by atoms with Crippen LogP contribution in [-0.4, -0.2) is 22.3 Å². The Morgan fingerprint density at radius 1 is 1.10 bits per heavy atom. The summed E-state index contributed by atoms with van der Waals surface area (Å²) in [6, 6.07) is 14.3. The van der Waals surface area contributed by atoms with Crippen molar-refractivity contribution in [2.45, 2.75) is 53.2 Å². The molecule has 0 saturated carbocycles. The van der Waals surface area contributed by atoms with Crippen molar-refractivity contribution in [2.24, 2.45) is 5.92 Å². The predicted octanol–water partition coefficient (Wildman–Crippen LogP) is 6.05. The van der Waals surface area contributed by atoms with Crippen LogP contribution in [0.15, 0.2) is 47.8 Å². The number of benzene rings is 1. The number of hydrogen-bond acceptors (Lipinski definition) is 5. The van der Waals surface area contributed by atoms with Crippen LogP contribution in [0.3, 0.4) is 0 Å². The van der Waals surface area contributed by atoms with E-state index in [0.29, 0.717) is 11.6 Å². The standard InChI is InChI=1S/C24H31N3OS2/c1-17(2)12-13-27(14-21-11-10-18(3)30-21)15-23-26-22(16-29-23)24(28)25-19(4)20-8-6-5-7-9-20/h5-11,16-17,19H,12-15H2,1-4H3,(H,25,28). The summed E-state index contributed by atoms with van der Waals surface area (Å²) in [7, 11) is 0. The molecule has 0 radical (unpaired) electrons. The van der Waals surface area contributed by atoms with Crippen LogP contribution in [0.25, 0.3) is 0 Å². The molecule has 30 heavy (non-hydrogen) atoms. The number of thiophene rings is 1. The van der Waals surface area contributed by atoms with Gasteiger partial charge >= 0.3 is 0 Å². The number of aryl methyl sites for hydroxylation is 1. The van der Waals surface area contributed by atoms with E-state index in [1.807, 2.05) is 54.0 Å². The predicted molar refractivity (Wildman–Crippen MR) is 127 cm³/mol. The van der Waals surface area contributed by atoms with Crippen LogP contribution in [0, 0.1) is 12.8 Å². The number of amides is 1. The number of nitrogens with one attached hydrogen (secondary N) is 1. The van der Waals surface area contributed by atoms with Gasteiger partial charge in [0.25, 0.3) is 5.91 Å². The van der Waals surface area contributed by atoms with Crippen LogP contribution in [0.2, 0.25) is 0 Å². The maximum atomic E-state index is 12.7. The summed E-state index contributed by atoms with van der Waals surface area (Å²) in [5, 5.41) is 5.92. The molecular weight excluding hydrogens is 410 g/mol. The first kappa shape index (κ1) is 22.7. The Balaban J connectivity index is 1.62. The number of nitrogens with zero attached hydrogens (tertiary/aromatic N) is 2. The fourth-order valence-electron chi connectivity index (χ4n) is 3.22. The molecule has 1 N–H and O–H groups in total. The van der Waals surface area contributed by atoms with Crippen LogP contribution < -0.4 is 5.32 Å². The molecule has 0 bridgehead atoms. The van der Waals surface area contributed by atoms with E-state index in [-0.39, 0.29) is 11.9 Å². The first-order valence-corrected chi connectivity index (χ1v) is 12.2. The fourth-order valence-corrected chi connectivity index (χ4v) is 4.97. The average molecular weight is 442 g/mol. The van der Waals surface area contributed by atoms with Crippen LogP contribution in [0.4, 0.5) is 0 Å². The summed E-state index contributed by atoms with van der Waals surface area (Å²) < 4.78 is 0. The van der Waals surface area contributed by atoms with Gasteiger partial charge in [-0.25, -0.2) is 4.98 Å². The van der Waals surface area contributed by atoms with E-state index >= 15 is 0 Å². The topological polar surface area (TPSA) is 45.2 Å². The summed E-state index contributed by atoms with van der Waals surface area (Å²) in [5.74, 6) is 0.547. The molecule has 0 saturated heterocycles. The van der Waals surface area contributed by atoms with Gasteiger partial charge in [-0.3, -0.25) is 9.69 Å². The van der Waals surface area contributed by atoms with Crippen LogP contribution >= 0.6 is 22.7 Å². The van der Waals surface area contributed by atoms with Gasteiger partial charge in [-0.2, -0.15) is 0 Å². The average Bonchev–Trinajstić information content (AvgIpc) is 3.35. The molecule has 1 atom stereocenters. The molecule has 6 heteroatoms. The van der Waals surface area contributed by atoms with Gasteiger partial charge in [0.15, 0.2) is 0 Å². The summed E-state index contributed by atoms with van der Waals surface area (Å²) >= 11 is 3.42. The molecule has 160 valence electrons. The third kappa shape index (κ3) is 6.76. The number of hydrogen-bond donors (Lipinski definition) is 1. The highest BCUT2D eigenvalue weighted by molar-refractivity contribution is 7.11. The molecule has 4 nitrogen and oxygen atoms in total. The minimum atomic E-state index is -0.114. The molecule has 2 heterocycles. The van der Waals surface area contributed by atoms with E-state index in [4.69, 9.17) is 0 Å². The van der Waals surface area contributed by atoms with Crippen molar-refractivity contribution < 1.29 is 4.79 Å². The molecular formula is C24H31N3OS2. The molecule has 1 amide bonds. The van der Waals surface area contributed by atoms with E-state index in [9.17, 15) is 4.79 Å². The van der Waals surface area contributed by atoms with Gasteiger partial charge < -0.3 is 5.32 Å². The molecule has 3 aromatic rings. The van der Waals surface area contributed by atoms with E-state index in [0.717, 1.165) is 36.6 Å². The van der Waals surface area contributed by atoms with Gasteiger partial charge in [-0.1, -0.05) is 44.2 Å². The van der Waals surface area contributed by atoms with Crippen molar-refractivity contribution in [3.63, 3.8) is 0 Å². The second-order valence-electron chi connectivity index (χ2n) is 8.14. The summed E-state index contributed by atoms with van der Waals surface area (Å²) in [6.07, 6.45) is 1.15. The van der Waals surface area contributed by atoms with Crippen molar-refractivity contribution in [2.75, 3.05) is 6.54 Å². The molecule has 2 aromatic heterocycles. The van der Waals surface area contributed by atoms with Gasteiger partial charge in [0, 0.05) is 21.7 Å². The van der Waals surface area contributed by atoms with Crippen LogP contribution in [-0.2, 0) is 13.1 Å². The Kier molecular flexibility index (Phi) is 8.19.